The highest BCUT2D eigenvalue weighted by Crippen LogP contribution is 2.60. The molecule has 0 saturated heterocycles. The quantitative estimate of drug-likeness (QED) is 0.320. The predicted molar refractivity (Wildman–Crippen MR) is 56.6 cm³/mol. The normalized spacial score (nSPS) is 15.0. The van der Waals surface area contributed by atoms with Gasteiger partial charge < -0.3 is 4.74 Å². The van der Waals surface area contributed by atoms with Crippen LogP contribution in [-0.2, 0) is 9.53 Å². The average molecular weight is 418 g/mol. The molecule has 0 radical (unpaired) electrons. The van der Waals surface area contributed by atoms with Crippen molar-refractivity contribution in [2.24, 2.45) is 0 Å². The number of ether oxygens (including phenoxy) is 1. The first-order valence-corrected chi connectivity index (χ1v) is 5.85. The molecule has 15 heteroatoms. The Morgan fingerprint density at radius 1 is 0.769 bits per heavy atom. The fourth-order valence-corrected chi connectivity index (χ4v) is 1.16. The molecule has 0 aliphatic rings. The monoisotopic (exact) mass is 418 g/mol. The van der Waals surface area contributed by atoms with Crippen molar-refractivity contribution in [2.45, 2.75) is 42.6 Å². The van der Waals surface area contributed by atoms with E-state index in [0.717, 1.165) is 0 Å². The van der Waals surface area contributed by atoms with Gasteiger partial charge in [-0.2, -0.15) is 52.7 Å². The van der Waals surface area contributed by atoms with E-state index in [1.54, 1.807) is 0 Å². The van der Waals surface area contributed by atoms with Gasteiger partial charge in [-0.3, -0.25) is 0 Å². The Bertz CT molecular complexity index is 566. The van der Waals surface area contributed by atoms with Gasteiger partial charge in [0.25, 0.3) is 0 Å². The molecule has 0 bridgehead atoms. The Labute approximate surface area is 135 Å². The average Bonchev–Trinajstić information content (AvgIpc) is 2.45. The first-order chi connectivity index (χ1) is 11.1. The molecule has 154 valence electrons. The molecule has 0 heterocycles. The summed E-state index contributed by atoms with van der Waals surface area (Å²) >= 11 is 0. The molecule has 0 aliphatic carbocycles. The van der Waals surface area contributed by atoms with Gasteiger partial charge in [-0.05, 0) is 6.92 Å². The van der Waals surface area contributed by atoms with Crippen LogP contribution < -0.4 is 0 Å². The van der Waals surface area contributed by atoms with Crippen LogP contribution in [0, 0.1) is 0 Å². The molecule has 0 N–H and O–H groups in total. The van der Waals surface area contributed by atoms with Crippen LogP contribution in [0.1, 0.15) is 6.92 Å². The van der Waals surface area contributed by atoms with E-state index in [0.29, 0.717) is 6.92 Å². The van der Waals surface area contributed by atoms with Crippen molar-refractivity contribution in [1.29, 1.82) is 0 Å². The van der Waals surface area contributed by atoms with Crippen molar-refractivity contribution >= 4 is 5.97 Å². The Morgan fingerprint density at radius 3 is 1.42 bits per heavy atom. The van der Waals surface area contributed by atoms with Crippen molar-refractivity contribution < 1.29 is 66.6 Å². The molecule has 0 atom stereocenters. The van der Waals surface area contributed by atoms with Crippen LogP contribution in [0.2, 0.25) is 0 Å². The minimum Gasteiger partial charge on any atom is -0.393 e. The van der Waals surface area contributed by atoms with Crippen LogP contribution in [0.4, 0.5) is 57.1 Å². The molecule has 26 heavy (non-hydrogen) atoms. The van der Waals surface area contributed by atoms with Gasteiger partial charge in [-0.25, -0.2) is 9.18 Å². The first kappa shape index (κ1) is 24.3. The van der Waals surface area contributed by atoms with Gasteiger partial charge in [-0.1, -0.05) is 6.58 Å². The highest BCUT2D eigenvalue weighted by atomic mass is 19.4. The van der Waals surface area contributed by atoms with Crippen LogP contribution in [0.15, 0.2) is 12.2 Å². The Kier molecular flexibility index (Phi) is 6.05. The molecule has 0 spiro atoms. The highest BCUT2D eigenvalue weighted by molar-refractivity contribution is 5.87. The molecule has 0 amide bonds. The lowest BCUT2D eigenvalue weighted by Gasteiger charge is -2.40. The van der Waals surface area contributed by atoms with Crippen molar-refractivity contribution in [1.82, 2.24) is 0 Å². The number of alkyl halides is 13. The zero-order chi connectivity index (χ0) is 21.6. The van der Waals surface area contributed by atoms with Crippen molar-refractivity contribution in [3.8, 4) is 0 Å². The molecule has 0 aromatic rings. The Balaban J connectivity index is 6.26. The maximum atomic E-state index is 13.2. The lowest BCUT2D eigenvalue weighted by Crippen LogP contribution is -2.71. The molecule has 0 fully saturated rings. The van der Waals surface area contributed by atoms with Gasteiger partial charge in [0.05, 0.1) is 0 Å². The zero-order valence-electron chi connectivity index (χ0n) is 12.1. The number of carbonyl (C=O) groups is 1. The van der Waals surface area contributed by atoms with Gasteiger partial charge in [0, 0.05) is 5.57 Å². The van der Waals surface area contributed by atoms with E-state index in [9.17, 15) is 61.9 Å². The van der Waals surface area contributed by atoms with E-state index >= 15 is 0 Å². The Hall–Kier alpha value is -1.70. The summed E-state index contributed by atoms with van der Waals surface area (Å²) in [5.74, 6) is -40.1. The molecular weight excluding hydrogens is 411 g/mol. The second kappa shape index (κ2) is 6.48. The summed E-state index contributed by atoms with van der Waals surface area (Å²) in [5, 5.41) is 0. The molecule has 0 rings (SSSR count). The second-order valence-electron chi connectivity index (χ2n) is 4.82. The van der Waals surface area contributed by atoms with E-state index in [-0.39, 0.29) is 0 Å². The molecule has 2 nitrogen and oxygen atoms in total. The summed E-state index contributed by atoms with van der Waals surface area (Å²) in [5.41, 5.74) is -1.12. The van der Waals surface area contributed by atoms with E-state index in [1.165, 1.54) is 0 Å². The van der Waals surface area contributed by atoms with Gasteiger partial charge >= 0.3 is 41.7 Å². The smallest absolute Gasteiger partial charge is 0.393 e. The molecule has 0 aliphatic heterocycles. The van der Waals surface area contributed by atoms with Crippen LogP contribution in [0.25, 0.3) is 0 Å². The van der Waals surface area contributed by atoms with Gasteiger partial charge in [0.15, 0.2) is 6.67 Å². The van der Waals surface area contributed by atoms with E-state index in [2.05, 4.69) is 11.3 Å². The number of halogens is 13. The number of rotatable bonds is 8. The van der Waals surface area contributed by atoms with Crippen molar-refractivity contribution in [3.05, 3.63) is 12.2 Å². The number of esters is 1. The summed E-state index contributed by atoms with van der Waals surface area (Å²) in [6.45, 7) is -0.617. The van der Waals surface area contributed by atoms with Gasteiger partial charge in [0.2, 0.25) is 0 Å². The topological polar surface area (TPSA) is 26.3 Å². The maximum Gasteiger partial charge on any atom is 0.473 e. The zero-order valence-corrected chi connectivity index (χ0v) is 12.1. The van der Waals surface area contributed by atoms with Crippen LogP contribution >= 0.6 is 0 Å². The predicted octanol–water partition coefficient (Wildman–Crippen LogP) is 4.84. The lowest BCUT2D eigenvalue weighted by atomic mass is 9.94. The number of hydrogen-bond donors (Lipinski definition) is 0. The standard InChI is InChI=1S/C11H7F13O2/c1-4(2)5(25)26-11(23,24)10(21,22)9(19,20)8(17,18)7(15,16)6(13,14)3-12/h1,3H2,2H3. The van der Waals surface area contributed by atoms with E-state index in [4.69, 9.17) is 0 Å². The van der Waals surface area contributed by atoms with Crippen LogP contribution in [0.5, 0.6) is 0 Å². The third-order valence-electron chi connectivity index (χ3n) is 2.75. The van der Waals surface area contributed by atoms with Gasteiger partial charge in [-0.15, -0.1) is 0 Å². The molecule has 0 unspecified atom stereocenters. The number of carbonyl (C=O) groups excluding carboxylic acids is 1. The summed E-state index contributed by atoms with van der Waals surface area (Å²) in [7, 11) is 0. The SMILES string of the molecule is C=C(C)C(=O)OC(F)(F)C(F)(F)C(F)(F)C(F)(F)C(F)(F)C(F)(F)CF. The first-order valence-electron chi connectivity index (χ1n) is 5.85. The molecular formula is C11H7F13O2. The minimum atomic E-state index is -7.93. The van der Waals surface area contributed by atoms with E-state index < -0.39 is 53.9 Å². The Morgan fingerprint density at radius 2 is 1.12 bits per heavy atom. The summed E-state index contributed by atoms with van der Waals surface area (Å²) in [6.07, 6.45) is -6.86. The number of hydrogen-bond acceptors (Lipinski definition) is 2. The summed E-state index contributed by atoms with van der Waals surface area (Å²) in [6, 6.07) is 0. The maximum absolute atomic E-state index is 13.2. The highest BCUT2D eigenvalue weighted by Gasteiger charge is 2.91. The largest absolute Gasteiger partial charge is 0.473 e. The van der Waals surface area contributed by atoms with Gasteiger partial charge in [0.1, 0.15) is 0 Å². The van der Waals surface area contributed by atoms with Crippen LogP contribution in [0.3, 0.4) is 0 Å². The third-order valence-corrected chi connectivity index (χ3v) is 2.75. The molecule has 0 aromatic carbocycles. The lowest BCUT2D eigenvalue weighted by molar-refractivity contribution is -0.451. The van der Waals surface area contributed by atoms with Crippen molar-refractivity contribution in [3.63, 3.8) is 0 Å². The van der Waals surface area contributed by atoms with Crippen molar-refractivity contribution in [2.75, 3.05) is 6.67 Å². The fraction of sp³-hybridized carbons (Fsp3) is 0.727. The molecule has 0 aromatic heterocycles. The molecule has 0 saturated carbocycles. The summed E-state index contributed by atoms with van der Waals surface area (Å²) in [4.78, 5) is 10.7. The summed E-state index contributed by atoms with van der Waals surface area (Å²) < 4.78 is 170. The third kappa shape index (κ3) is 3.31. The fourth-order valence-electron chi connectivity index (χ4n) is 1.16. The minimum absolute atomic E-state index is 0.527. The van der Waals surface area contributed by atoms with E-state index in [1.807, 2.05) is 0 Å². The van der Waals surface area contributed by atoms with Crippen LogP contribution in [-0.4, -0.2) is 48.4 Å². The second-order valence-corrected chi connectivity index (χ2v) is 4.82.